The first-order valence-electron chi connectivity index (χ1n) is 16.4. The normalized spacial score (nSPS) is 11.6. The summed E-state index contributed by atoms with van der Waals surface area (Å²) in [6.07, 6.45) is 0. The van der Waals surface area contributed by atoms with Gasteiger partial charge in [-0.3, -0.25) is 0 Å². The van der Waals surface area contributed by atoms with Gasteiger partial charge >= 0.3 is 0 Å². The molecule has 0 aliphatic rings. The topological polar surface area (TPSA) is 69.4 Å². The number of benzene rings is 7. The fourth-order valence-corrected chi connectivity index (χ4v) is 7.79. The molecule has 10 rings (SSSR count). The van der Waals surface area contributed by atoms with Crippen molar-refractivity contribution < 1.29 is 0 Å². The number of fused-ring (bicyclic) bond motifs is 5. The van der Waals surface area contributed by atoms with E-state index in [9.17, 15) is 0 Å². The van der Waals surface area contributed by atoms with Crippen LogP contribution in [0.2, 0.25) is 0 Å². The molecule has 3 aromatic heterocycles. The molecule has 0 N–H and O–H groups in total. The Morgan fingerprint density at radius 1 is 0.380 bits per heavy atom. The van der Waals surface area contributed by atoms with E-state index < -0.39 is 0 Å². The molecular formula is C43H26N6S. The molecule has 0 radical (unpaired) electrons. The summed E-state index contributed by atoms with van der Waals surface area (Å²) in [6, 6.07) is 54.2. The maximum atomic E-state index is 5.20. The van der Waals surface area contributed by atoms with Crippen molar-refractivity contribution in [2.24, 2.45) is 0 Å². The molecule has 7 aromatic carbocycles. The average Bonchev–Trinajstić information content (AvgIpc) is 3.79. The summed E-state index contributed by atoms with van der Waals surface area (Å²) >= 11 is 1.80. The van der Waals surface area contributed by atoms with Crippen LogP contribution < -0.4 is 0 Å². The molecule has 234 valence electrons. The van der Waals surface area contributed by atoms with E-state index in [-0.39, 0.29) is 0 Å². The standard InChI is InChI=1S/C43H26N6S/c1-3-11-27(12-4-1)31-22-23-34(35-26-30(20-21-32(31)35)49-47-37-16-8-9-17-38(37)48-49)43-45-41(28-13-5-2-6-14-28)44-42(46-43)29-19-24-40-36(25-29)33-15-7-10-18-39(33)50-40/h1-26H. The number of thiophene rings is 1. The molecule has 0 amide bonds. The summed E-state index contributed by atoms with van der Waals surface area (Å²) < 4.78 is 2.50. The summed E-state index contributed by atoms with van der Waals surface area (Å²) in [6.45, 7) is 0. The van der Waals surface area contributed by atoms with E-state index in [1.807, 2.05) is 60.7 Å². The van der Waals surface area contributed by atoms with E-state index in [0.717, 1.165) is 55.3 Å². The fraction of sp³-hybridized carbons (Fsp3) is 0. The van der Waals surface area contributed by atoms with Crippen LogP contribution in [0.1, 0.15) is 0 Å². The third kappa shape index (κ3) is 4.83. The van der Waals surface area contributed by atoms with E-state index in [1.165, 1.54) is 20.2 Å². The highest BCUT2D eigenvalue weighted by atomic mass is 32.1. The lowest BCUT2D eigenvalue weighted by Gasteiger charge is -2.14. The van der Waals surface area contributed by atoms with Crippen LogP contribution in [0.25, 0.3) is 93.0 Å². The predicted octanol–water partition coefficient (Wildman–Crippen LogP) is 10.8. The largest absolute Gasteiger partial charge is 0.208 e. The summed E-state index contributed by atoms with van der Waals surface area (Å²) in [5.41, 5.74) is 7.58. The molecule has 0 aliphatic carbocycles. The molecule has 6 nitrogen and oxygen atoms in total. The second-order valence-electron chi connectivity index (χ2n) is 12.2. The van der Waals surface area contributed by atoms with Crippen molar-refractivity contribution >= 4 is 53.3 Å². The first-order valence-corrected chi connectivity index (χ1v) is 17.3. The molecule has 0 unspecified atom stereocenters. The van der Waals surface area contributed by atoms with Gasteiger partial charge in [-0.1, -0.05) is 103 Å². The van der Waals surface area contributed by atoms with Crippen molar-refractivity contribution in [1.82, 2.24) is 29.9 Å². The van der Waals surface area contributed by atoms with Gasteiger partial charge in [-0.15, -0.1) is 21.5 Å². The molecule has 50 heavy (non-hydrogen) atoms. The van der Waals surface area contributed by atoms with Gasteiger partial charge < -0.3 is 0 Å². The van der Waals surface area contributed by atoms with Crippen LogP contribution in [0.4, 0.5) is 0 Å². The fourth-order valence-electron chi connectivity index (χ4n) is 6.71. The molecule has 0 spiro atoms. The van der Waals surface area contributed by atoms with Crippen LogP contribution in [0.3, 0.4) is 0 Å². The minimum absolute atomic E-state index is 0.601. The highest BCUT2D eigenvalue weighted by molar-refractivity contribution is 7.25. The Kier molecular flexibility index (Phi) is 6.57. The van der Waals surface area contributed by atoms with E-state index in [0.29, 0.717) is 17.5 Å². The molecule has 0 aliphatic heterocycles. The van der Waals surface area contributed by atoms with Crippen LogP contribution in [0.5, 0.6) is 0 Å². The number of hydrogen-bond donors (Lipinski definition) is 0. The summed E-state index contributed by atoms with van der Waals surface area (Å²) in [5.74, 6) is 1.85. The van der Waals surface area contributed by atoms with Crippen molar-refractivity contribution in [2.45, 2.75) is 0 Å². The molecular weight excluding hydrogens is 633 g/mol. The number of nitrogens with zero attached hydrogens (tertiary/aromatic N) is 6. The minimum atomic E-state index is 0.601. The predicted molar refractivity (Wildman–Crippen MR) is 204 cm³/mol. The third-order valence-corrected chi connectivity index (χ3v) is 10.3. The van der Waals surface area contributed by atoms with Gasteiger partial charge in [-0.05, 0) is 76.5 Å². The Labute approximate surface area is 291 Å². The van der Waals surface area contributed by atoms with Gasteiger partial charge in [0, 0.05) is 36.9 Å². The van der Waals surface area contributed by atoms with E-state index in [2.05, 4.69) is 97.1 Å². The first kappa shape index (κ1) is 28.4. The highest BCUT2D eigenvalue weighted by Crippen LogP contribution is 2.39. The summed E-state index contributed by atoms with van der Waals surface area (Å²) in [5, 5.41) is 14.1. The van der Waals surface area contributed by atoms with Crippen LogP contribution in [-0.4, -0.2) is 29.9 Å². The lowest BCUT2D eigenvalue weighted by atomic mass is 9.94. The van der Waals surface area contributed by atoms with Crippen LogP contribution in [0, 0.1) is 0 Å². The van der Waals surface area contributed by atoms with Crippen molar-refractivity contribution in [2.75, 3.05) is 0 Å². The Morgan fingerprint density at radius 2 is 1.00 bits per heavy atom. The quantitative estimate of drug-likeness (QED) is 0.184. The Balaban J connectivity index is 1.22. The van der Waals surface area contributed by atoms with Gasteiger partial charge in [0.15, 0.2) is 17.5 Å². The summed E-state index contributed by atoms with van der Waals surface area (Å²) in [7, 11) is 0. The SMILES string of the molecule is c1ccc(-c2nc(-c3ccc4sc5ccccc5c4c3)nc(-c3ccc(-c4ccccc4)c4ccc(-n5nc6ccccc6n5)cc34)n2)cc1. The van der Waals surface area contributed by atoms with Gasteiger partial charge in [-0.2, -0.15) is 4.80 Å². The Morgan fingerprint density at radius 3 is 1.78 bits per heavy atom. The van der Waals surface area contributed by atoms with Gasteiger partial charge in [0.2, 0.25) is 0 Å². The Bertz CT molecular complexity index is 2840. The Hall–Kier alpha value is -6.57. The monoisotopic (exact) mass is 658 g/mol. The van der Waals surface area contributed by atoms with Crippen molar-refractivity contribution in [3.05, 3.63) is 158 Å². The van der Waals surface area contributed by atoms with Gasteiger partial charge in [0.05, 0.1) is 5.69 Å². The minimum Gasteiger partial charge on any atom is -0.208 e. The van der Waals surface area contributed by atoms with Gasteiger partial charge in [0.25, 0.3) is 0 Å². The molecule has 3 heterocycles. The zero-order valence-corrected chi connectivity index (χ0v) is 27.4. The summed E-state index contributed by atoms with van der Waals surface area (Å²) in [4.78, 5) is 17.1. The molecule has 10 aromatic rings. The maximum Gasteiger partial charge on any atom is 0.164 e. The number of hydrogen-bond acceptors (Lipinski definition) is 6. The second kappa shape index (κ2) is 11.5. The molecule has 0 atom stereocenters. The molecule has 7 heteroatoms. The zero-order valence-electron chi connectivity index (χ0n) is 26.6. The van der Waals surface area contributed by atoms with Gasteiger partial charge in [-0.25, -0.2) is 15.0 Å². The zero-order chi connectivity index (χ0) is 33.0. The third-order valence-electron chi connectivity index (χ3n) is 9.15. The highest BCUT2D eigenvalue weighted by Gasteiger charge is 2.18. The van der Waals surface area contributed by atoms with Crippen molar-refractivity contribution in [3.63, 3.8) is 0 Å². The second-order valence-corrected chi connectivity index (χ2v) is 13.3. The smallest absolute Gasteiger partial charge is 0.164 e. The van der Waals surface area contributed by atoms with E-state index >= 15 is 0 Å². The lowest BCUT2D eigenvalue weighted by Crippen LogP contribution is -2.02. The van der Waals surface area contributed by atoms with Crippen LogP contribution in [0.15, 0.2) is 158 Å². The number of rotatable bonds is 5. The molecule has 0 saturated carbocycles. The van der Waals surface area contributed by atoms with E-state index in [1.54, 1.807) is 16.1 Å². The molecule has 0 bridgehead atoms. The van der Waals surface area contributed by atoms with Crippen molar-refractivity contribution in [1.29, 1.82) is 0 Å². The maximum absolute atomic E-state index is 5.20. The van der Waals surface area contributed by atoms with Crippen molar-refractivity contribution in [3.8, 4) is 51.0 Å². The van der Waals surface area contributed by atoms with E-state index in [4.69, 9.17) is 25.1 Å². The van der Waals surface area contributed by atoms with Crippen LogP contribution >= 0.6 is 11.3 Å². The molecule has 0 saturated heterocycles. The molecule has 0 fully saturated rings. The lowest BCUT2D eigenvalue weighted by molar-refractivity contribution is 0.767. The average molecular weight is 659 g/mol. The van der Waals surface area contributed by atoms with Gasteiger partial charge in [0.1, 0.15) is 11.0 Å². The number of aromatic nitrogens is 6. The first-order chi connectivity index (χ1) is 24.7. The van der Waals surface area contributed by atoms with Crippen LogP contribution in [-0.2, 0) is 0 Å².